The van der Waals surface area contributed by atoms with Crippen LogP contribution in [-0.2, 0) is 16.6 Å². The molecule has 3 nitrogen and oxygen atoms in total. The van der Waals surface area contributed by atoms with Crippen LogP contribution in [0, 0.1) is 18.3 Å². The number of nitriles is 1. The summed E-state index contributed by atoms with van der Waals surface area (Å²) in [6.07, 6.45) is 1.16. The van der Waals surface area contributed by atoms with Crippen LogP contribution in [0.3, 0.4) is 0 Å². The summed E-state index contributed by atoms with van der Waals surface area (Å²) in [6.45, 7) is 2.00. The molecule has 1 aromatic rings. The summed E-state index contributed by atoms with van der Waals surface area (Å²) in [5.41, 5.74) is 2.11. The molecule has 0 bridgehead atoms. The topological polar surface area (TPSA) is 50.1 Å². The van der Waals surface area contributed by atoms with Gasteiger partial charge in [-0.05, 0) is 19.4 Å². The van der Waals surface area contributed by atoms with E-state index in [0.717, 1.165) is 16.9 Å². The molecule has 0 unspecified atom stereocenters. The summed E-state index contributed by atoms with van der Waals surface area (Å²) in [6, 6.07) is 7.93. The van der Waals surface area contributed by atoms with Gasteiger partial charge in [-0.15, -0.1) is 0 Å². The number of rotatable bonds is 6. The van der Waals surface area contributed by atoms with Crippen molar-refractivity contribution in [2.45, 2.75) is 25.5 Å². The van der Waals surface area contributed by atoms with Gasteiger partial charge < -0.3 is 4.74 Å². The normalized spacial score (nSPS) is 11.8. The van der Waals surface area contributed by atoms with Gasteiger partial charge in [0.25, 0.3) is 0 Å². The lowest BCUT2D eigenvalue weighted by atomic mass is 10.1. The lowest BCUT2D eigenvalue weighted by Gasteiger charge is -2.09. The van der Waals surface area contributed by atoms with Gasteiger partial charge in [-0.2, -0.15) is 5.26 Å². The molecule has 17 heavy (non-hydrogen) atoms. The quantitative estimate of drug-likeness (QED) is 0.730. The number of ether oxygens (including phenoxy) is 1. The fraction of sp³-hybridized carbons (Fsp3) is 0.462. The van der Waals surface area contributed by atoms with Crippen molar-refractivity contribution < 1.29 is 8.95 Å². The second-order valence-electron chi connectivity index (χ2n) is 3.87. The molecule has 0 aliphatic rings. The van der Waals surface area contributed by atoms with Gasteiger partial charge >= 0.3 is 0 Å². The Balaban J connectivity index is 2.64. The Bertz CT molecular complexity index is 438. The molecule has 0 heterocycles. The summed E-state index contributed by atoms with van der Waals surface area (Å²) in [4.78, 5) is 0. The highest BCUT2D eigenvalue weighted by Crippen LogP contribution is 2.21. The number of nitrogens with zero attached hydrogens (tertiary/aromatic N) is 1. The van der Waals surface area contributed by atoms with Gasteiger partial charge in [-0.1, -0.05) is 17.7 Å². The second kappa shape index (κ2) is 7.08. The van der Waals surface area contributed by atoms with Gasteiger partial charge in [0.15, 0.2) is 0 Å². The van der Waals surface area contributed by atoms with Gasteiger partial charge in [-0.25, -0.2) is 0 Å². The highest BCUT2D eigenvalue weighted by Gasteiger charge is 2.07. The highest BCUT2D eigenvalue weighted by molar-refractivity contribution is 7.84. The van der Waals surface area contributed by atoms with Gasteiger partial charge in [0, 0.05) is 28.5 Å². The average molecular weight is 251 g/mol. The number of methoxy groups -OCH3 is 1. The van der Waals surface area contributed by atoms with Gasteiger partial charge in [0.2, 0.25) is 0 Å². The Kier molecular flexibility index (Phi) is 5.71. The molecule has 0 saturated heterocycles. The lowest BCUT2D eigenvalue weighted by Crippen LogP contribution is -2.03. The van der Waals surface area contributed by atoms with Gasteiger partial charge in [0.1, 0.15) is 5.75 Å². The predicted octanol–water partition coefficient (Wildman–Crippen LogP) is 2.56. The van der Waals surface area contributed by atoms with E-state index in [4.69, 9.17) is 10.00 Å². The summed E-state index contributed by atoms with van der Waals surface area (Å²) in [5.74, 6) is 1.85. The molecule has 0 aromatic heterocycles. The monoisotopic (exact) mass is 251 g/mol. The average Bonchev–Trinajstić information content (AvgIpc) is 2.29. The molecule has 0 radical (unpaired) electrons. The first-order chi connectivity index (χ1) is 8.17. The first kappa shape index (κ1) is 13.7. The van der Waals surface area contributed by atoms with E-state index in [2.05, 4.69) is 6.07 Å². The molecule has 0 N–H and O–H groups in total. The van der Waals surface area contributed by atoms with Crippen LogP contribution >= 0.6 is 0 Å². The van der Waals surface area contributed by atoms with E-state index in [9.17, 15) is 4.21 Å². The second-order valence-corrected chi connectivity index (χ2v) is 5.44. The predicted molar refractivity (Wildman–Crippen MR) is 69.3 cm³/mol. The zero-order chi connectivity index (χ0) is 12.7. The molecule has 0 saturated carbocycles. The molecule has 1 rings (SSSR count). The van der Waals surface area contributed by atoms with E-state index in [-0.39, 0.29) is 0 Å². The van der Waals surface area contributed by atoms with Crippen LogP contribution in [0.25, 0.3) is 0 Å². The Hall–Kier alpha value is -1.34. The van der Waals surface area contributed by atoms with Crippen molar-refractivity contribution in [3.8, 4) is 11.8 Å². The van der Waals surface area contributed by atoms with Crippen molar-refractivity contribution >= 4 is 10.8 Å². The maximum Gasteiger partial charge on any atom is 0.123 e. The molecular weight excluding hydrogens is 234 g/mol. The van der Waals surface area contributed by atoms with Crippen LogP contribution in [0.15, 0.2) is 18.2 Å². The number of benzene rings is 1. The first-order valence-electron chi connectivity index (χ1n) is 5.53. The van der Waals surface area contributed by atoms with E-state index >= 15 is 0 Å². The van der Waals surface area contributed by atoms with Crippen molar-refractivity contribution in [3.05, 3.63) is 29.3 Å². The third-order valence-corrected chi connectivity index (χ3v) is 3.79. The van der Waals surface area contributed by atoms with E-state index in [1.807, 2.05) is 25.1 Å². The third-order valence-electron chi connectivity index (χ3n) is 2.41. The molecule has 0 aliphatic heterocycles. The molecule has 92 valence electrons. The molecule has 0 aliphatic carbocycles. The van der Waals surface area contributed by atoms with Crippen LogP contribution in [0.4, 0.5) is 0 Å². The molecule has 1 atom stereocenters. The van der Waals surface area contributed by atoms with Crippen LogP contribution in [0.1, 0.15) is 24.0 Å². The molecule has 1 aromatic carbocycles. The van der Waals surface area contributed by atoms with E-state index in [1.54, 1.807) is 7.11 Å². The number of unbranched alkanes of at least 4 members (excludes halogenated alkanes) is 1. The minimum atomic E-state index is -0.924. The molecule has 0 fully saturated rings. The minimum Gasteiger partial charge on any atom is -0.496 e. The lowest BCUT2D eigenvalue weighted by molar-refractivity contribution is 0.411. The van der Waals surface area contributed by atoms with Crippen LogP contribution < -0.4 is 4.74 Å². The van der Waals surface area contributed by atoms with E-state index in [1.165, 1.54) is 0 Å². The molecule has 0 amide bonds. The van der Waals surface area contributed by atoms with Crippen molar-refractivity contribution in [2.24, 2.45) is 0 Å². The largest absolute Gasteiger partial charge is 0.496 e. The Morgan fingerprint density at radius 3 is 2.88 bits per heavy atom. The summed E-state index contributed by atoms with van der Waals surface area (Å²) in [5, 5.41) is 8.42. The standard InChI is InChI=1S/C13H17NO2S/c1-11-5-6-13(16-2)12(9-11)10-17(15)8-4-3-7-14/h5-6,9H,3-4,8,10H2,1-2H3/t17-/m1/s1. The van der Waals surface area contributed by atoms with Crippen LogP contribution in [-0.4, -0.2) is 17.1 Å². The van der Waals surface area contributed by atoms with E-state index < -0.39 is 10.8 Å². The van der Waals surface area contributed by atoms with Gasteiger partial charge in [0.05, 0.1) is 18.9 Å². The van der Waals surface area contributed by atoms with E-state index in [0.29, 0.717) is 24.3 Å². The Morgan fingerprint density at radius 1 is 1.47 bits per heavy atom. The fourth-order valence-corrected chi connectivity index (χ4v) is 2.76. The zero-order valence-electron chi connectivity index (χ0n) is 10.2. The van der Waals surface area contributed by atoms with Crippen molar-refractivity contribution in [1.82, 2.24) is 0 Å². The van der Waals surface area contributed by atoms with Crippen LogP contribution in [0.2, 0.25) is 0 Å². The minimum absolute atomic E-state index is 0.469. The SMILES string of the molecule is COc1ccc(C)cc1C[S@](=O)CCCC#N. The van der Waals surface area contributed by atoms with Gasteiger partial charge in [-0.3, -0.25) is 4.21 Å². The van der Waals surface area contributed by atoms with Crippen molar-refractivity contribution in [3.63, 3.8) is 0 Å². The third kappa shape index (κ3) is 4.58. The highest BCUT2D eigenvalue weighted by atomic mass is 32.2. The van der Waals surface area contributed by atoms with Crippen molar-refractivity contribution in [2.75, 3.05) is 12.9 Å². The maximum absolute atomic E-state index is 11.8. The Morgan fingerprint density at radius 2 is 2.24 bits per heavy atom. The summed E-state index contributed by atoms with van der Waals surface area (Å²) < 4.78 is 17.1. The number of aryl methyl sites for hydroxylation is 1. The number of hydrogen-bond acceptors (Lipinski definition) is 3. The molecular formula is C13H17NO2S. The summed E-state index contributed by atoms with van der Waals surface area (Å²) >= 11 is 0. The first-order valence-corrected chi connectivity index (χ1v) is 7.01. The zero-order valence-corrected chi connectivity index (χ0v) is 11.0. The van der Waals surface area contributed by atoms with Crippen molar-refractivity contribution in [1.29, 1.82) is 5.26 Å². The molecule has 0 spiro atoms. The maximum atomic E-state index is 11.8. The Labute approximate surface area is 105 Å². The summed E-state index contributed by atoms with van der Waals surface area (Å²) in [7, 11) is 0.694. The molecule has 4 heteroatoms. The number of hydrogen-bond donors (Lipinski definition) is 0. The fourth-order valence-electron chi connectivity index (χ4n) is 1.58. The smallest absolute Gasteiger partial charge is 0.123 e. The van der Waals surface area contributed by atoms with Crippen LogP contribution in [0.5, 0.6) is 5.75 Å².